The Labute approximate surface area is 151 Å². The van der Waals surface area contributed by atoms with Crippen LogP contribution in [0.3, 0.4) is 0 Å². The van der Waals surface area contributed by atoms with Crippen LogP contribution in [0, 0.1) is 16.0 Å². The second-order valence-electron chi connectivity index (χ2n) is 6.41. The molecule has 2 heterocycles. The lowest BCUT2D eigenvalue weighted by molar-refractivity contribution is -0.383. The van der Waals surface area contributed by atoms with Gasteiger partial charge in [-0.05, 0) is 30.9 Å². The summed E-state index contributed by atoms with van der Waals surface area (Å²) in [5.41, 5.74) is 6.35. The van der Waals surface area contributed by atoms with Crippen LogP contribution in [0.4, 0.5) is 29.0 Å². The number of anilines is 4. The first kappa shape index (κ1) is 17.7. The average Bonchev–Trinajstić information content (AvgIpc) is 2.61. The summed E-state index contributed by atoms with van der Waals surface area (Å²) >= 11 is 0. The second-order valence-corrected chi connectivity index (χ2v) is 6.41. The molecule has 3 N–H and O–H groups in total. The number of nitrogens with two attached hydrogens (primary N) is 1. The fraction of sp³-hybridized carbons (Fsp3) is 0.412. The van der Waals surface area contributed by atoms with Crippen molar-refractivity contribution in [1.29, 1.82) is 0 Å². The summed E-state index contributed by atoms with van der Waals surface area (Å²) in [5, 5.41) is 14.5. The lowest BCUT2D eigenvalue weighted by Gasteiger charge is -2.31. The highest BCUT2D eigenvalue weighted by Gasteiger charge is 2.29. The fourth-order valence-corrected chi connectivity index (χ4v) is 3.12. The molecule has 1 aromatic carbocycles. The molecule has 1 atom stereocenters. The van der Waals surface area contributed by atoms with E-state index >= 15 is 0 Å². The fourth-order valence-electron chi connectivity index (χ4n) is 3.12. The molecule has 0 spiro atoms. The molecule has 1 unspecified atom stereocenters. The number of methoxy groups -OCH3 is 1. The van der Waals surface area contributed by atoms with Crippen molar-refractivity contribution in [1.82, 2.24) is 9.97 Å². The zero-order valence-corrected chi connectivity index (χ0v) is 14.8. The van der Waals surface area contributed by atoms with Gasteiger partial charge >= 0.3 is 5.69 Å². The number of nitrogens with one attached hydrogen (secondary N) is 1. The Balaban J connectivity index is 1.97. The predicted octanol–water partition coefficient (Wildman–Crippen LogP) is 2.96. The van der Waals surface area contributed by atoms with Gasteiger partial charge in [-0.1, -0.05) is 13.0 Å². The molecule has 1 aliphatic heterocycles. The lowest BCUT2D eigenvalue weighted by Crippen LogP contribution is -2.35. The first-order chi connectivity index (χ1) is 12.5. The van der Waals surface area contributed by atoms with Crippen molar-refractivity contribution in [3.8, 4) is 5.75 Å². The summed E-state index contributed by atoms with van der Waals surface area (Å²) in [5.74, 6) is 1.45. The van der Waals surface area contributed by atoms with Crippen molar-refractivity contribution in [3.05, 3.63) is 34.4 Å². The minimum Gasteiger partial charge on any atom is -0.497 e. The van der Waals surface area contributed by atoms with Gasteiger partial charge in [0.25, 0.3) is 0 Å². The van der Waals surface area contributed by atoms with E-state index in [-0.39, 0.29) is 23.3 Å². The minimum atomic E-state index is -0.515. The quantitative estimate of drug-likeness (QED) is 0.618. The smallest absolute Gasteiger partial charge is 0.353 e. The molecule has 9 nitrogen and oxygen atoms in total. The SMILES string of the molecule is COc1cccc(Nc2nc(N)c([N+](=O)[O-])c(N3CCCC(C)C3)n2)c1. The van der Waals surface area contributed by atoms with Gasteiger partial charge in [-0.25, -0.2) is 0 Å². The number of hydrogen-bond donors (Lipinski definition) is 2. The number of piperidine rings is 1. The molecule has 9 heteroatoms. The van der Waals surface area contributed by atoms with Crippen LogP contribution >= 0.6 is 0 Å². The molecule has 26 heavy (non-hydrogen) atoms. The van der Waals surface area contributed by atoms with Crippen LogP contribution in [0.1, 0.15) is 19.8 Å². The molecule has 3 rings (SSSR count). The molecule has 0 bridgehead atoms. The van der Waals surface area contributed by atoms with Gasteiger partial charge in [-0.3, -0.25) is 10.1 Å². The topological polar surface area (TPSA) is 119 Å². The van der Waals surface area contributed by atoms with Crippen LogP contribution < -0.4 is 20.7 Å². The molecule has 0 amide bonds. The van der Waals surface area contributed by atoms with E-state index in [1.54, 1.807) is 13.2 Å². The highest BCUT2D eigenvalue weighted by molar-refractivity contribution is 5.72. The Morgan fingerprint density at radius 2 is 2.23 bits per heavy atom. The molecule has 0 aliphatic carbocycles. The highest BCUT2D eigenvalue weighted by atomic mass is 16.6. The Morgan fingerprint density at radius 1 is 1.42 bits per heavy atom. The van der Waals surface area contributed by atoms with Crippen molar-refractivity contribution in [3.63, 3.8) is 0 Å². The highest BCUT2D eigenvalue weighted by Crippen LogP contribution is 2.35. The average molecular weight is 358 g/mol. The van der Waals surface area contributed by atoms with E-state index in [2.05, 4.69) is 22.2 Å². The van der Waals surface area contributed by atoms with E-state index in [1.165, 1.54) is 0 Å². The molecule has 1 fully saturated rings. The normalized spacial score (nSPS) is 17.0. The minimum absolute atomic E-state index is 0.149. The zero-order chi connectivity index (χ0) is 18.7. The third-order valence-electron chi connectivity index (χ3n) is 4.36. The van der Waals surface area contributed by atoms with Gasteiger partial charge in [0.2, 0.25) is 17.6 Å². The first-order valence-corrected chi connectivity index (χ1v) is 8.46. The summed E-state index contributed by atoms with van der Waals surface area (Å²) in [7, 11) is 1.58. The maximum Gasteiger partial charge on any atom is 0.353 e. The van der Waals surface area contributed by atoms with Crippen LogP contribution in [-0.2, 0) is 0 Å². The van der Waals surface area contributed by atoms with Crippen molar-refractivity contribution in [2.45, 2.75) is 19.8 Å². The summed E-state index contributed by atoms with van der Waals surface area (Å²) in [6, 6.07) is 7.25. The molecule has 1 aliphatic rings. The summed E-state index contributed by atoms with van der Waals surface area (Å²) in [6.07, 6.45) is 2.06. The number of nitro groups is 1. The van der Waals surface area contributed by atoms with Crippen LogP contribution in [0.5, 0.6) is 5.75 Å². The molecule has 0 radical (unpaired) electrons. The molecule has 138 valence electrons. The number of nitrogens with zero attached hydrogens (tertiary/aromatic N) is 4. The molecular formula is C17H22N6O3. The van der Waals surface area contributed by atoms with E-state index in [0.29, 0.717) is 30.4 Å². The first-order valence-electron chi connectivity index (χ1n) is 8.46. The van der Waals surface area contributed by atoms with Gasteiger partial charge in [0, 0.05) is 24.8 Å². The molecular weight excluding hydrogens is 336 g/mol. The number of benzene rings is 1. The van der Waals surface area contributed by atoms with E-state index in [1.807, 2.05) is 23.1 Å². The number of hydrogen-bond acceptors (Lipinski definition) is 8. The third kappa shape index (κ3) is 3.76. The van der Waals surface area contributed by atoms with E-state index in [4.69, 9.17) is 10.5 Å². The maximum absolute atomic E-state index is 11.5. The number of aromatic nitrogens is 2. The Kier molecular flexibility index (Phi) is 5.06. The van der Waals surface area contributed by atoms with Gasteiger partial charge < -0.3 is 20.7 Å². The monoisotopic (exact) mass is 358 g/mol. The van der Waals surface area contributed by atoms with Gasteiger partial charge in [-0.2, -0.15) is 9.97 Å². The van der Waals surface area contributed by atoms with Gasteiger partial charge in [0.15, 0.2) is 0 Å². The van der Waals surface area contributed by atoms with Crippen LogP contribution in [0.25, 0.3) is 0 Å². The number of rotatable bonds is 5. The van der Waals surface area contributed by atoms with E-state index in [0.717, 1.165) is 12.8 Å². The van der Waals surface area contributed by atoms with Crippen molar-refractivity contribution in [2.75, 3.05) is 36.1 Å². The number of ether oxygens (including phenoxy) is 1. The second kappa shape index (κ2) is 7.42. The number of nitrogen functional groups attached to an aromatic ring is 1. The Morgan fingerprint density at radius 3 is 2.92 bits per heavy atom. The molecule has 2 aromatic rings. The van der Waals surface area contributed by atoms with E-state index in [9.17, 15) is 10.1 Å². The largest absolute Gasteiger partial charge is 0.497 e. The summed E-state index contributed by atoms with van der Waals surface area (Å²) < 4.78 is 5.19. The summed E-state index contributed by atoms with van der Waals surface area (Å²) in [6.45, 7) is 3.54. The summed E-state index contributed by atoms with van der Waals surface area (Å²) in [4.78, 5) is 21.4. The zero-order valence-electron chi connectivity index (χ0n) is 14.8. The van der Waals surface area contributed by atoms with Crippen LogP contribution in [0.2, 0.25) is 0 Å². The Bertz CT molecular complexity index is 813. The van der Waals surface area contributed by atoms with Gasteiger partial charge in [-0.15, -0.1) is 0 Å². The Hall–Kier alpha value is -3.10. The van der Waals surface area contributed by atoms with Crippen LogP contribution in [-0.4, -0.2) is 35.1 Å². The lowest BCUT2D eigenvalue weighted by atomic mass is 10.0. The predicted molar refractivity (Wildman–Crippen MR) is 100.0 cm³/mol. The molecule has 1 saturated heterocycles. The maximum atomic E-state index is 11.5. The van der Waals surface area contributed by atoms with Crippen molar-refractivity contribution in [2.24, 2.45) is 5.92 Å². The van der Waals surface area contributed by atoms with Gasteiger partial charge in [0.1, 0.15) is 5.75 Å². The van der Waals surface area contributed by atoms with Crippen molar-refractivity contribution >= 4 is 29.0 Å². The third-order valence-corrected chi connectivity index (χ3v) is 4.36. The van der Waals surface area contributed by atoms with Gasteiger partial charge in [0.05, 0.1) is 12.0 Å². The van der Waals surface area contributed by atoms with Crippen molar-refractivity contribution < 1.29 is 9.66 Å². The molecule has 0 saturated carbocycles. The van der Waals surface area contributed by atoms with E-state index < -0.39 is 4.92 Å². The molecule has 1 aromatic heterocycles. The standard InChI is InChI=1S/C17H22N6O3/c1-11-5-4-8-22(10-11)16-14(23(24)25)15(18)20-17(21-16)19-12-6-3-7-13(9-12)26-2/h3,6-7,9,11H,4-5,8,10H2,1-2H3,(H3,18,19,20,21). The van der Waals surface area contributed by atoms with Crippen LogP contribution in [0.15, 0.2) is 24.3 Å².